The third-order valence-corrected chi connectivity index (χ3v) is 12.9. The molecule has 64 heavy (non-hydrogen) atoms. The van der Waals surface area contributed by atoms with Gasteiger partial charge in [-0.1, -0.05) is 146 Å². The lowest BCUT2D eigenvalue weighted by atomic mass is 10.1. The summed E-state index contributed by atoms with van der Waals surface area (Å²) in [6, 6.07) is 72.6. The van der Waals surface area contributed by atoms with Crippen LogP contribution in [0.4, 0.5) is 0 Å². The van der Waals surface area contributed by atoms with Crippen LogP contribution in [0.2, 0.25) is 0 Å². The number of fused-ring (bicyclic) bond motifs is 12. The first-order valence-corrected chi connectivity index (χ1v) is 21.5. The zero-order valence-corrected chi connectivity index (χ0v) is 34.2. The van der Waals surface area contributed by atoms with Gasteiger partial charge in [0, 0.05) is 54.2 Å². The van der Waals surface area contributed by atoms with E-state index in [0.717, 1.165) is 88.3 Å². The number of benzene rings is 9. The number of rotatable bonds is 5. The highest BCUT2D eigenvalue weighted by molar-refractivity contribution is 6.19. The van der Waals surface area contributed by atoms with Gasteiger partial charge in [0.15, 0.2) is 11.6 Å². The average Bonchev–Trinajstić information content (AvgIpc) is 4.10. The van der Waals surface area contributed by atoms with Crippen molar-refractivity contribution >= 4 is 87.4 Å². The van der Waals surface area contributed by atoms with Crippen molar-refractivity contribution in [3.8, 4) is 40.1 Å². The van der Waals surface area contributed by atoms with E-state index < -0.39 is 0 Å². The first-order chi connectivity index (χ1) is 31.8. The second-order valence-corrected chi connectivity index (χ2v) is 16.4. The molecule has 5 heterocycles. The van der Waals surface area contributed by atoms with Crippen molar-refractivity contribution in [2.75, 3.05) is 0 Å². The van der Waals surface area contributed by atoms with E-state index in [4.69, 9.17) is 19.4 Å². The fourth-order valence-corrected chi connectivity index (χ4v) is 10.2. The summed E-state index contributed by atoms with van der Waals surface area (Å²) in [7, 11) is 0. The van der Waals surface area contributed by atoms with E-state index in [2.05, 4.69) is 184 Å². The molecule has 14 rings (SSSR count). The summed E-state index contributed by atoms with van der Waals surface area (Å²) < 4.78 is 13.5. The number of hydrogen-bond donors (Lipinski definition) is 0. The van der Waals surface area contributed by atoms with Crippen LogP contribution in [-0.4, -0.2) is 28.7 Å². The summed E-state index contributed by atoms with van der Waals surface area (Å²) >= 11 is 0. The van der Waals surface area contributed by atoms with Crippen LogP contribution in [0.25, 0.3) is 127 Å². The Kier molecular flexibility index (Phi) is 7.27. The van der Waals surface area contributed by atoms with Crippen LogP contribution in [0, 0.1) is 0 Å². The van der Waals surface area contributed by atoms with Gasteiger partial charge in [-0.2, -0.15) is 9.97 Å². The summed E-state index contributed by atoms with van der Waals surface area (Å²) in [4.78, 5) is 16.1. The predicted molar refractivity (Wildman–Crippen MR) is 261 cm³/mol. The molecule has 0 saturated carbocycles. The number of hydrogen-bond acceptors (Lipinski definition) is 4. The summed E-state index contributed by atoms with van der Waals surface area (Å²) in [6.45, 7) is 0. The van der Waals surface area contributed by atoms with E-state index in [9.17, 15) is 0 Å². The smallest absolute Gasteiger partial charge is 0.238 e. The normalized spacial score (nSPS) is 12.1. The minimum atomic E-state index is 0.515. The largest absolute Gasteiger partial charge is 0.456 e. The third-order valence-electron chi connectivity index (χ3n) is 12.9. The van der Waals surface area contributed by atoms with Crippen LogP contribution in [0.5, 0.6) is 0 Å². The average molecular weight is 819 g/mol. The van der Waals surface area contributed by atoms with Gasteiger partial charge < -0.3 is 13.6 Å². The maximum absolute atomic E-state index is 6.40. The Labute approximate surface area is 365 Å². The molecule has 0 aliphatic rings. The van der Waals surface area contributed by atoms with E-state index in [0.29, 0.717) is 17.6 Å². The Balaban J connectivity index is 1.14. The van der Waals surface area contributed by atoms with E-state index in [1.54, 1.807) is 0 Å². The maximum atomic E-state index is 6.40. The molecule has 0 bridgehead atoms. The molecule has 0 aliphatic carbocycles. The molecule has 0 saturated heterocycles. The molecular weight excluding hydrogens is 785 g/mol. The number of nitrogens with zero attached hydrogens (tertiary/aromatic N) is 6. The second kappa shape index (κ2) is 13.3. The maximum Gasteiger partial charge on any atom is 0.238 e. The first-order valence-electron chi connectivity index (χ1n) is 21.5. The lowest BCUT2D eigenvalue weighted by molar-refractivity contribution is 0.669. The zero-order chi connectivity index (χ0) is 41.9. The molecule has 7 nitrogen and oxygen atoms in total. The van der Waals surface area contributed by atoms with Crippen molar-refractivity contribution in [2.24, 2.45) is 0 Å². The lowest BCUT2D eigenvalue weighted by Crippen LogP contribution is -2.08. The molecule has 0 aliphatic heterocycles. The van der Waals surface area contributed by atoms with Crippen LogP contribution in [0.15, 0.2) is 211 Å². The molecule has 0 N–H and O–H groups in total. The van der Waals surface area contributed by atoms with E-state index in [-0.39, 0.29) is 0 Å². The molecule has 14 aromatic rings. The molecule has 7 heteroatoms. The molecule has 9 aromatic carbocycles. The van der Waals surface area contributed by atoms with Gasteiger partial charge in [0.2, 0.25) is 5.95 Å². The van der Waals surface area contributed by atoms with E-state index in [1.807, 2.05) is 36.4 Å². The molecule has 0 radical (unpaired) electrons. The summed E-state index contributed by atoms with van der Waals surface area (Å²) in [6.07, 6.45) is 0. The Hall–Kier alpha value is -8.81. The van der Waals surface area contributed by atoms with Gasteiger partial charge >= 0.3 is 0 Å². The molecule has 0 spiro atoms. The van der Waals surface area contributed by atoms with Crippen molar-refractivity contribution in [1.29, 1.82) is 0 Å². The Morgan fingerprint density at radius 3 is 1.45 bits per heavy atom. The van der Waals surface area contributed by atoms with Crippen LogP contribution >= 0.6 is 0 Å². The van der Waals surface area contributed by atoms with Gasteiger partial charge in [0.1, 0.15) is 11.2 Å². The summed E-state index contributed by atoms with van der Waals surface area (Å²) in [5.41, 5.74) is 11.9. The van der Waals surface area contributed by atoms with E-state index >= 15 is 0 Å². The molecule has 5 aromatic heterocycles. The van der Waals surface area contributed by atoms with Crippen molar-refractivity contribution in [3.63, 3.8) is 0 Å². The zero-order valence-electron chi connectivity index (χ0n) is 34.2. The van der Waals surface area contributed by atoms with Crippen molar-refractivity contribution < 1.29 is 4.42 Å². The Bertz CT molecular complexity index is 4100. The van der Waals surface area contributed by atoms with E-state index in [1.165, 1.54) is 21.5 Å². The Morgan fingerprint density at radius 1 is 0.312 bits per heavy atom. The third kappa shape index (κ3) is 4.94. The van der Waals surface area contributed by atoms with Crippen LogP contribution in [0.1, 0.15) is 0 Å². The molecule has 0 amide bonds. The number of furan rings is 1. The fraction of sp³-hybridized carbons (Fsp3) is 0. The standard InChI is InChI=1S/C57H34N6O/c1-2-16-35(17-3-1)55-58-56(36-32-33-42-41-22-8-13-31-51(41)64-52(42)34-36)60-57(59-55)63-49-29-15-28-48(61-44-24-9-4-18-37(44)38-19-5-10-25-45(38)61)53(49)43-23-14-30-50(54(43)63)62-46-26-11-6-20-39(46)40-21-7-12-27-47(40)62/h1-34H. The minimum Gasteiger partial charge on any atom is -0.456 e. The summed E-state index contributed by atoms with van der Waals surface area (Å²) in [5, 5.41) is 9.11. The SMILES string of the molecule is c1ccc(-c2nc(-c3ccc4c(c3)oc3ccccc34)nc(-n3c4cccc(-n5c6ccccc6c6ccccc65)c4c4cccc(-n5c6ccccc6c6ccccc65)c43)n2)cc1. The van der Waals surface area contributed by atoms with Gasteiger partial charge in [-0.25, -0.2) is 4.98 Å². The van der Waals surface area contributed by atoms with Gasteiger partial charge in [-0.05, 0) is 60.7 Å². The van der Waals surface area contributed by atoms with Crippen molar-refractivity contribution in [2.45, 2.75) is 0 Å². The molecule has 0 unspecified atom stereocenters. The van der Waals surface area contributed by atoms with Crippen LogP contribution in [0.3, 0.4) is 0 Å². The topological polar surface area (TPSA) is 66.6 Å². The van der Waals surface area contributed by atoms with Crippen molar-refractivity contribution in [3.05, 3.63) is 206 Å². The summed E-state index contributed by atoms with van der Waals surface area (Å²) in [5.74, 6) is 1.64. The molecule has 0 atom stereocenters. The highest BCUT2D eigenvalue weighted by atomic mass is 16.3. The molecule has 0 fully saturated rings. The Morgan fingerprint density at radius 2 is 0.797 bits per heavy atom. The highest BCUT2D eigenvalue weighted by Crippen LogP contribution is 2.43. The number of para-hydroxylation sites is 6. The first kappa shape index (κ1) is 34.9. The van der Waals surface area contributed by atoms with Gasteiger partial charge in [-0.3, -0.25) is 4.57 Å². The van der Waals surface area contributed by atoms with Gasteiger partial charge in [0.05, 0.1) is 44.5 Å². The van der Waals surface area contributed by atoms with Crippen molar-refractivity contribution in [1.82, 2.24) is 28.7 Å². The number of aromatic nitrogens is 6. The minimum absolute atomic E-state index is 0.515. The highest BCUT2D eigenvalue weighted by Gasteiger charge is 2.25. The fourth-order valence-electron chi connectivity index (χ4n) is 10.2. The van der Waals surface area contributed by atoms with Crippen LogP contribution in [-0.2, 0) is 0 Å². The second-order valence-electron chi connectivity index (χ2n) is 16.4. The molecular formula is C57H34N6O. The lowest BCUT2D eigenvalue weighted by Gasteiger charge is -2.14. The van der Waals surface area contributed by atoms with Gasteiger partial charge in [0.25, 0.3) is 0 Å². The van der Waals surface area contributed by atoms with Gasteiger partial charge in [-0.15, -0.1) is 0 Å². The quantitative estimate of drug-likeness (QED) is 0.173. The van der Waals surface area contributed by atoms with Crippen LogP contribution < -0.4 is 0 Å². The monoisotopic (exact) mass is 818 g/mol. The predicted octanol–water partition coefficient (Wildman–Crippen LogP) is 14.4. The molecule has 298 valence electrons.